The molecule has 1 rings (SSSR count). The van der Waals surface area contributed by atoms with Gasteiger partial charge in [-0.05, 0) is 24.8 Å². The third-order valence-electron chi connectivity index (χ3n) is 1.60. The standard InChI is InChI=1S/C7H10O2.Na/c8-5-6-3-1-2-4-7(6)9;/h5,8H,1-4H2;/q;+1/p-1. The van der Waals surface area contributed by atoms with Gasteiger partial charge in [0, 0.05) is 6.42 Å². The molecule has 0 aromatic carbocycles. The molecule has 10 heavy (non-hydrogen) atoms. The summed E-state index contributed by atoms with van der Waals surface area (Å²) in [7, 11) is 0. The average molecular weight is 148 g/mol. The molecule has 3 heteroatoms. The average Bonchev–Trinajstić information content (AvgIpc) is 1.89. The topological polar surface area (TPSA) is 40.1 Å². The van der Waals surface area contributed by atoms with Gasteiger partial charge in [0.2, 0.25) is 0 Å². The maximum absolute atomic E-state index is 10.8. The first-order chi connectivity index (χ1) is 4.34. The molecule has 50 valence electrons. The molecule has 1 fully saturated rings. The Hall–Kier alpha value is 0.210. The van der Waals surface area contributed by atoms with E-state index in [1.54, 1.807) is 0 Å². The molecule has 2 nitrogen and oxygen atoms in total. The Morgan fingerprint density at radius 3 is 2.30 bits per heavy atom. The van der Waals surface area contributed by atoms with Gasteiger partial charge in [0.05, 0.1) is 0 Å². The Kier molecular flexibility index (Phi) is 5.04. The molecule has 0 heterocycles. The van der Waals surface area contributed by atoms with Gasteiger partial charge in [-0.1, -0.05) is 0 Å². The fourth-order valence-electron chi connectivity index (χ4n) is 1.03. The predicted molar refractivity (Wildman–Crippen MR) is 31.6 cm³/mol. The van der Waals surface area contributed by atoms with Crippen molar-refractivity contribution in [1.29, 1.82) is 0 Å². The van der Waals surface area contributed by atoms with Crippen molar-refractivity contribution in [3.8, 4) is 0 Å². The van der Waals surface area contributed by atoms with Crippen LogP contribution in [0.4, 0.5) is 0 Å². The number of carbonyl (C=O) groups excluding carboxylic acids is 1. The minimum atomic E-state index is 0. The third kappa shape index (κ3) is 2.45. The zero-order chi connectivity index (χ0) is 6.69. The molecule has 0 N–H and O–H groups in total. The van der Waals surface area contributed by atoms with E-state index in [2.05, 4.69) is 0 Å². The minimum Gasteiger partial charge on any atom is -0.878 e. The summed E-state index contributed by atoms with van der Waals surface area (Å²) in [5, 5.41) is 10.1. The summed E-state index contributed by atoms with van der Waals surface area (Å²) < 4.78 is 0. The predicted octanol–water partition coefficient (Wildman–Crippen LogP) is -2.62. The number of carbonyl (C=O) groups is 1. The van der Waals surface area contributed by atoms with E-state index in [0.29, 0.717) is 24.7 Å². The molecular weight excluding hydrogens is 139 g/mol. The second kappa shape index (κ2) is 4.94. The first kappa shape index (κ1) is 10.2. The molecule has 0 bridgehead atoms. The summed E-state index contributed by atoms with van der Waals surface area (Å²) in [6.07, 6.45) is 3.92. The molecule has 0 atom stereocenters. The van der Waals surface area contributed by atoms with E-state index in [1.807, 2.05) is 0 Å². The molecule has 1 aliphatic rings. The van der Waals surface area contributed by atoms with Crippen molar-refractivity contribution in [3.63, 3.8) is 0 Å². The summed E-state index contributed by atoms with van der Waals surface area (Å²) in [5.41, 5.74) is 0.487. The van der Waals surface area contributed by atoms with Crippen LogP contribution in [0.15, 0.2) is 11.8 Å². The SMILES string of the molecule is O=C1CCCCC1=C[O-].[Na+]. The molecule has 0 saturated heterocycles. The van der Waals surface area contributed by atoms with E-state index < -0.39 is 0 Å². The first-order valence-electron chi connectivity index (χ1n) is 3.19. The molecule has 0 aliphatic heterocycles. The molecule has 0 radical (unpaired) electrons. The van der Waals surface area contributed by atoms with Gasteiger partial charge in [-0.25, -0.2) is 0 Å². The number of ketones is 1. The summed E-state index contributed by atoms with van der Waals surface area (Å²) in [6, 6.07) is 0. The zero-order valence-electron chi connectivity index (χ0n) is 6.22. The number of hydrogen-bond acceptors (Lipinski definition) is 2. The number of hydrogen-bond donors (Lipinski definition) is 0. The largest absolute Gasteiger partial charge is 1.00 e. The third-order valence-corrected chi connectivity index (χ3v) is 1.60. The van der Waals surface area contributed by atoms with Crippen LogP contribution in [0.25, 0.3) is 0 Å². The maximum Gasteiger partial charge on any atom is 1.00 e. The van der Waals surface area contributed by atoms with Crippen LogP contribution >= 0.6 is 0 Å². The van der Waals surface area contributed by atoms with E-state index in [-0.39, 0.29) is 35.3 Å². The van der Waals surface area contributed by atoms with Gasteiger partial charge in [-0.3, -0.25) is 4.79 Å². The van der Waals surface area contributed by atoms with Gasteiger partial charge in [0.15, 0.2) is 5.78 Å². The van der Waals surface area contributed by atoms with Crippen LogP contribution in [-0.4, -0.2) is 5.78 Å². The van der Waals surface area contributed by atoms with Crippen molar-refractivity contribution in [2.75, 3.05) is 0 Å². The molecule has 1 aliphatic carbocycles. The van der Waals surface area contributed by atoms with E-state index in [0.717, 1.165) is 12.8 Å². The summed E-state index contributed by atoms with van der Waals surface area (Å²) >= 11 is 0. The number of allylic oxidation sites excluding steroid dienone is 1. The monoisotopic (exact) mass is 148 g/mol. The van der Waals surface area contributed by atoms with Gasteiger partial charge in [0.1, 0.15) is 0 Å². The van der Waals surface area contributed by atoms with Crippen LogP contribution in [-0.2, 0) is 4.79 Å². The Labute approximate surface area is 82.6 Å². The Morgan fingerprint density at radius 2 is 1.90 bits per heavy atom. The zero-order valence-corrected chi connectivity index (χ0v) is 8.22. The Balaban J connectivity index is 0.000000810. The number of Topliss-reactive ketones (excluding diaryl/α,β-unsaturated/α-hetero) is 1. The smallest absolute Gasteiger partial charge is 0.878 e. The number of rotatable bonds is 0. The Bertz CT molecular complexity index is 152. The van der Waals surface area contributed by atoms with Crippen LogP contribution in [0.2, 0.25) is 0 Å². The van der Waals surface area contributed by atoms with Crippen molar-refractivity contribution in [2.24, 2.45) is 0 Å². The second-order valence-electron chi connectivity index (χ2n) is 2.27. The molecule has 0 amide bonds. The van der Waals surface area contributed by atoms with Crippen LogP contribution in [0.3, 0.4) is 0 Å². The first-order valence-corrected chi connectivity index (χ1v) is 3.19. The minimum absolute atomic E-state index is 0. The maximum atomic E-state index is 10.8. The van der Waals surface area contributed by atoms with Crippen molar-refractivity contribution in [2.45, 2.75) is 25.7 Å². The normalized spacial score (nSPS) is 22.4. The quantitative estimate of drug-likeness (QED) is 0.214. The van der Waals surface area contributed by atoms with Crippen molar-refractivity contribution >= 4 is 5.78 Å². The van der Waals surface area contributed by atoms with Gasteiger partial charge >= 0.3 is 29.6 Å². The molecule has 0 unspecified atom stereocenters. The molecule has 0 aromatic rings. The van der Waals surface area contributed by atoms with Crippen LogP contribution in [0.5, 0.6) is 0 Å². The molecule has 1 saturated carbocycles. The van der Waals surface area contributed by atoms with Gasteiger partial charge in [-0.2, -0.15) is 0 Å². The van der Waals surface area contributed by atoms with Gasteiger partial charge < -0.3 is 5.11 Å². The summed E-state index contributed by atoms with van der Waals surface area (Å²) in [6.45, 7) is 0. The van der Waals surface area contributed by atoms with Crippen molar-refractivity contribution in [3.05, 3.63) is 11.8 Å². The fraction of sp³-hybridized carbons (Fsp3) is 0.571. The van der Waals surface area contributed by atoms with E-state index >= 15 is 0 Å². The van der Waals surface area contributed by atoms with E-state index in [4.69, 9.17) is 0 Å². The van der Waals surface area contributed by atoms with Crippen molar-refractivity contribution in [1.82, 2.24) is 0 Å². The fourth-order valence-corrected chi connectivity index (χ4v) is 1.03. The van der Waals surface area contributed by atoms with E-state index in [1.165, 1.54) is 0 Å². The van der Waals surface area contributed by atoms with Crippen LogP contribution in [0, 0.1) is 0 Å². The molecule has 0 aromatic heterocycles. The van der Waals surface area contributed by atoms with Gasteiger partial charge in [0.25, 0.3) is 0 Å². The summed E-state index contributed by atoms with van der Waals surface area (Å²) in [5.74, 6) is 0.0521. The van der Waals surface area contributed by atoms with Crippen LogP contribution in [0.1, 0.15) is 25.7 Å². The molecular formula is C7H9NaO2. The molecule has 0 spiro atoms. The second-order valence-corrected chi connectivity index (χ2v) is 2.27. The summed E-state index contributed by atoms with van der Waals surface area (Å²) in [4.78, 5) is 10.8. The van der Waals surface area contributed by atoms with Crippen molar-refractivity contribution < 1.29 is 39.5 Å². The van der Waals surface area contributed by atoms with E-state index in [9.17, 15) is 9.90 Å². The van der Waals surface area contributed by atoms with Gasteiger partial charge in [-0.15, -0.1) is 6.26 Å². The Morgan fingerprint density at radius 1 is 1.30 bits per heavy atom. The van der Waals surface area contributed by atoms with Crippen LogP contribution < -0.4 is 34.7 Å².